The van der Waals surface area contributed by atoms with Gasteiger partial charge in [0.15, 0.2) is 0 Å². The first-order valence-electron chi connectivity index (χ1n) is 6.57. The summed E-state index contributed by atoms with van der Waals surface area (Å²) >= 11 is 0. The molecule has 0 aliphatic carbocycles. The van der Waals surface area contributed by atoms with Crippen LogP contribution in [0.4, 0.5) is 0 Å². The number of esters is 1. The summed E-state index contributed by atoms with van der Waals surface area (Å²) in [5.74, 6) is -0.313. The molecule has 0 radical (unpaired) electrons. The predicted molar refractivity (Wildman–Crippen MR) is 72.4 cm³/mol. The van der Waals surface area contributed by atoms with Gasteiger partial charge in [-0.15, -0.1) is 0 Å². The number of rotatable bonds is 10. The van der Waals surface area contributed by atoms with Gasteiger partial charge in [-0.2, -0.15) is 0 Å². The van der Waals surface area contributed by atoms with Gasteiger partial charge in [-0.1, -0.05) is 0 Å². The second-order valence-corrected chi connectivity index (χ2v) is 4.89. The van der Waals surface area contributed by atoms with Crippen molar-refractivity contribution in [1.82, 2.24) is 4.90 Å². The molecule has 0 bridgehead atoms. The monoisotopic (exact) mass is 260 g/mol. The standard InChI is InChI=1S/C13H28N2O3/c1-5-18-12(16)13(2,14)8-6-9-15(3)10-7-11-17-4/h5-11,14H2,1-4H3. The molecule has 5 heteroatoms. The van der Waals surface area contributed by atoms with E-state index in [1.165, 1.54) is 0 Å². The van der Waals surface area contributed by atoms with E-state index in [1.807, 2.05) is 0 Å². The fraction of sp³-hybridized carbons (Fsp3) is 0.923. The van der Waals surface area contributed by atoms with E-state index in [-0.39, 0.29) is 5.97 Å². The van der Waals surface area contributed by atoms with Crippen molar-refractivity contribution in [2.75, 3.05) is 40.5 Å². The number of carbonyl (C=O) groups is 1. The Labute approximate surface area is 111 Å². The highest BCUT2D eigenvalue weighted by atomic mass is 16.5. The molecule has 0 spiro atoms. The molecular formula is C13H28N2O3. The van der Waals surface area contributed by atoms with Crippen LogP contribution in [0.1, 0.15) is 33.1 Å². The van der Waals surface area contributed by atoms with Crippen molar-refractivity contribution < 1.29 is 14.3 Å². The summed E-state index contributed by atoms with van der Waals surface area (Å²) in [5, 5.41) is 0. The first-order chi connectivity index (χ1) is 8.44. The van der Waals surface area contributed by atoms with Crippen molar-refractivity contribution in [1.29, 1.82) is 0 Å². The molecule has 0 saturated carbocycles. The van der Waals surface area contributed by atoms with E-state index in [1.54, 1.807) is 21.0 Å². The van der Waals surface area contributed by atoms with Crippen LogP contribution < -0.4 is 5.73 Å². The van der Waals surface area contributed by atoms with Crippen molar-refractivity contribution in [3.8, 4) is 0 Å². The number of nitrogens with two attached hydrogens (primary N) is 1. The van der Waals surface area contributed by atoms with Crippen LogP contribution in [-0.4, -0.2) is 56.9 Å². The number of nitrogens with zero attached hydrogens (tertiary/aromatic N) is 1. The van der Waals surface area contributed by atoms with E-state index >= 15 is 0 Å². The van der Waals surface area contributed by atoms with E-state index in [9.17, 15) is 4.79 Å². The largest absolute Gasteiger partial charge is 0.465 e. The Morgan fingerprint density at radius 1 is 1.33 bits per heavy atom. The molecule has 0 heterocycles. The molecule has 0 amide bonds. The van der Waals surface area contributed by atoms with Crippen LogP contribution in [0.25, 0.3) is 0 Å². The van der Waals surface area contributed by atoms with E-state index < -0.39 is 5.54 Å². The summed E-state index contributed by atoms with van der Waals surface area (Å²) in [5.41, 5.74) is 5.07. The minimum Gasteiger partial charge on any atom is -0.465 e. The van der Waals surface area contributed by atoms with E-state index in [2.05, 4.69) is 11.9 Å². The molecule has 0 aromatic heterocycles. The van der Waals surface area contributed by atoms with E-state index in [4.69, 9.17) is 15.2 Å². The molecule has 0 fully saturated rings. The molecule has 0 rings (SSSR count). The third kappa shape index (κ3) is 7.63. The van der Waals surface area contributed by atoms with Crippen LogP contribution >= 0.6 is 0 Å². The third-order valence-corrected chi connectivity index (χ3v) is 2.87. The van der Waals surface area contributed by atoms with Gasteiger partial charge in [0.1, 0.15) is 5.54 Å². The maximum atomic E-state index is 11.6. The topological polar surface area (TPSA) is 64.8 Å². The van der Waals surface area contributed by atoms with Crippen molar-refractivity contribution in [3.05, 3.63) is 0 Å². The van der Waals surface area contributed by atoms with Crippen LogP contribution in [0, 0.1) is 0 Å². The molecule has 1 unspecified atom stereocenters. The predicted octanol–water partition coefficient (Wildman–Crippen LogP) is 1.02. The maximum Gasteiger partial charge on any atom is 0.325 e. The average molecular weight is 260 g/mol. The summed E-state index contributed by atoms with van der Waals surface area (Å²) < 4.78 is 9.95. The van der Waals surface area contributed by atoms with Crippen molar-refractivity contribution in [2.45, 2.75) is 38.6 Å². The van der Waals surface area contributed by atoms with Gasteiger partial charge in [0.05, 0.1) is 6.61 Å². The Hall–Kier alpha value is -0.650. The minimum atomic E-state index is -0.872. The first-order valence-corrected chi connectivity index (χ1v) is 6.57. The van der Waals surface area contributed by atoms with Crippen molar-refractivity contribution in [2.24, 2.45) is 5.73 Å². The zero-order chi connectivity index (χ0) is 14.0. The van der Waals surface area contributed by atoms with Gasteiger partial charge >= 0.3 is 5.97 Å². The van der Waals surface area contributed by atoms with Gasteiger partial charge in [0, 0.05) is 20.3 Å². The van der Waals surface area contributed by atoms with Crippen LogP contribution in [0.2, 0.25) is 0 Å². The van der Waals surface area contributed by atoms with Gasteiger partial charge in [0.25, 0.3) is 0 Å². The molecule has 18 heavy (non-hydrogen) atoms. The number of methoxy groups -OCH3 is 1. The molecule has 0 aromatic rings. The van der Waals surface area contributed by atoms with Gasteiger partial charge in [0.2, 0.25) is 0 Å². The second-order valence-electron chi connectivity index (χ2n) is 4.89. The van der Waals surface area contributed by atoms with Gasteiger partial charge < -0.3 is 20.1 Å². The number of hydrogen-bond acceptors (Lipinski definition) is 5. The Morgan fingerprint density at radius 2 is 1.94 bits per heavy atom. The lowest BCUT2D eigenvalue weighted by molar-refractivity contribution is -0.149. The highest BCUT2D eigenvalue weighted by Gasteiger charge is 2.29. The van der Waals surface area contributed by atoms with E-state index in [0.29, 0.717) is 13.0 Å². The van der Waals surface area contributed by atoms with Gasteiger partial charge in [-0.3, -0.25) is 4.79 Å². The molecule has 2 N–H and O–H groups in total. The van der Waals surface area contributed by atoms with Gasteiger partial charge in [-0.25, -0.2) is 0 Å². The number of carbonyl (C=O) groups excluding carboxylic acids is 1. The highest BCUT2D eigenvalue weighted by molar-refractivity contribution is 5.79. The fourth-order valence-corrected chi connectivity index (χ4v) is 1.70. The molecule has 0 saturated heterocycles. The smallest absolute Gasteiger partial charge is 0.325 e. The Morgan fingerprint density at radius 3 is 2.50 bits per heavy atom. The van der Waals surface area contributed by atoms with Crippen molar-refractivity contribution >= 4 is 5.97 Å². The summed E-state index contributed by atoms with van der Waals surface area (Å²) in [6.07, 6.45) is 2.54. The fourth-order valence-electron chi connectivity index (χ4n) is 1.70. The molecule has 5 nitrogen and oxygen atoms in total. The van der Waals surface area contributed by atoms with Crippen LogP contribution in [0.5, 0.6) is 0 Å². The molecule has 0 aliphatic rings. The molecule has 108 valence electrons. The summed E-state index contributed by atoms with van der Waals surface area (Å²) in [7, 11) is 3.77. The van der Waals surface area contributed by atoms with E-state index in [0.717, 1.165) is 32.5 Å². The quantitative estimate of drug-likeness (QED) is 0.469. The number of ether oxygens (including phenoxy) is 2. The molecular weight excluding hydrogens is 232 g/mol. The third-order valence-electron chi connectivity index (χ3n) is 2.87. The zero-order valence-corrected chi connectivity index (χ0v) is 12.2. The lowest BCUT2D eigenvalue weighted by atomic mass is 9.97. The Kier molecular flexibility index (Phi) is 8.97. The summed E-state index contributed by atoms with van der Waals surface area (Å²) in [6, 6.07) is 0. The lowest BCUT2D eigenvalue weighted by Crippen LogP contribution is -2.46. The van der Waals surface area contributed by atoms with Crippen molar-refractivity contribution in [3.63, 3.8) is 0 Å². The van der Waals surface area contributed by atoms with Gasteiger partial charge in [-0.05, 0) is 46.7 Å². The normalized spacial score (nSPS) is 14.6. The van der Waals surface area contributed by atoms with Crippen LogP contribution in [-0.2, 0) is 14.3 Å². The molecule has 0 aliphatic heterocycles. The zero-order valence-electron chi connectivity index (χ0n) is 12.2. The molecule has 1 atom stereocenters. The highest BCUT2D eigenvalue weighted by Crippen LogP contribution is 2.11. The second kappa shape index (κ2) is 9.30. The summed E-state index contributed by atoms with van der Waals surface area (Å²) in [4.78, 5) is 13.8. The number of hydrogen-bond donors (Lipinski definition) is 1. The van der Waals surface area contributed by atoms with Crippen LogP contribution in [0.15, 0.2) is 0 Å². The Balaban J connectivity index is 3.77. The average Bonchev–Trinajstić information content (AvgIpc) is 2.29. The summed E-state index contributed by atoms with van der Waals surface area (Å²) in [6.45, 7) is 6.60. The lowest BCUT2D eigenvalue weighted by Gasteiger charge is -2.23. The SMILES string of the molecule is CCOC(=O)C(C)(N)CCCN(C)CCCOC. The minimum absolute atomic E-state index is 0.313. The molecule has 0 aromatic carbocycles. The first kappa shape index (κ1) is 17.4. The maximum absolute atomic E-state index is 11.6. The van der Waals surface area contributed by atoms with Crippen LogP contribution in [0.3, 0.4) is 0 Å². The Bertz CT molecular complexity index is 232.